The van der Waals surface area contributed by atoms with Crippen molar-refractivity contribution in [3.63, 3.8) is 0 Å². The molecular weight excluding hydrogens is 360 g/mol. The smallest absolute Gasteiger partial charge is 0.191 e. The van der Waals surface area contributed by atoms with Crippen LogP contribution in [0.2, 0.25) is 5.02 Å². The van der Waals surface area contributed by atoms with Gasteiger partial charge in [-0.15, -0.1) is 0 Å². The molecule has 0 aromatic heterocycles. The van der Waals surface area contributed by atoms with E-state index in [1.807, 2.05) is 38.2 Å². The topological polar surface area (TPSA) is 48.9 Å². The van der Waals surface area contributed by atoms with Gasteiger partial charge in [0.25, 0.3) is 0 Å². The normalized spacial score (nSPS) is 21.2. The highest BCUT2D eigenvalue weighted by Crippen LogP contribution is 2.26. The zero-order valence-electron chi connectivity index (χ0n) is 16.6. The number of ether oxygens (including phenoxy) is 1. The third kappa shape index (κ3) is 6.28. The van der Waals surface area contributed by atoms with Gasteiger partial charge < -0.3 is 20.3 Å². The van der Waals surface area contributed by atoms with E-state index in [0.29, 0.717) is 17.6 Å². The summed E-state index contributed by atoms with van der Waals surface area (Å²) in [5.74, 6) is 1.65. The molecule has 1 saturated heterocycles. The maximum absolute atomic E-state index is 6.01. The lowest BCUT2D eigenvalue weighted by atomic mass is 10.0. The molecule has 0 spiro atoms. The molecule has 0 amide bonds. The van der Waals surface area contributed by atoms with Crippen molar-refractivity contribution in [1.29, 1.82) is 0 Å². The van der Waals surface area contributed by atoms with Gasteiger partial charge >= 0.3 is 0 Å². The molecule has 2 N–H and O–H groups in total. The second-order valence-electron chi connectivity index (χ2n) is 7.73. The Kier molecular flexibility index (Phi) is 7.65. The van der Waals surface area contributed by atoms with E-state index in [4.69, 9.17) is 16.3 Å². The molecule has 1 unspecified atom stereocenters. The summed E-state index contributed by atoms with van der Waals surface area (Å²) >= 11 is 6.01. The van der Waals surface area contributed by atoms with Crippen LogP contribution < -0.4 is 15.4 Å². The Hall–Kier alpha value is -1.46. The first-order valence-corrected chi connectivity index (χ1v) is 10.7. The minimum absolute atomic E-state index is 0.0197. The molecule has 1 aromatic carbocycles. The third-order valence-corrected chi connectivity index (χ3v) is 5.86. The van der Waals surface area contributed by atoms with Crippen LogP contribution in [0.5, 0.6) is 5.75 Å². The van der Waals surface area contributed by atoms with Crippen LogP contribution in [0.15, 0.2) is 29.3 Å². The van der Waals surface area contributed by atoms with Crippen molar-refractivity contribution < 1.29 is 4.74 Å². The summed E-state index contributed by atoms with van der Waals surface area (Å²) in [4.78, 5) is 7.07. The molecule has 2 fully saturated rings. The molecule has 0 radical (unpaired) electrons. The van der Waals surface area contributed by atoms with E-state index in [1.54, 1.807) is 0 Å². The van der Waals surface area contributed by atoms with Gasteiger partial charge in [-0.2, -0.15) is 0 Å². The summed E-state index contributed by atoms with van der Waals surface area (Å²) in [5.41, 5.74) is 0. The van der Waals surface area contributed by atoms with Gasteiger partial charge in [0.1, 0.15) is 11.9 Å². The third-order valence-electron chi connectivity index (χ3n) is 5.63. The number of nitrogens with zero attached hydrogens (tertiary/aromatic N) is 2. The molecule has 1 atom stereocenters. The van der Waals surface area contributed by atoms with Gasteiger partial charge in [0.15, 0.2) is 5.96 Å². The van der Waals surface area contributed by atoms with Gasteiger partial charge in [0.05, 0.1) is 6.54 Å². The maximum Gasteiger partial charge on any atom is 0.191 e. The fraction of sp³-hybridized carbons (Fsp3) is 0.667. The van der Waals surface area contributed by atoms with Crippen molar-refractivity contribution >= 4 is 17.6 Å². The van der Waals surface area contributed by atoms with E-state index in [1.165, 1.54) is 51.6 Å². The van der Waals surface area contributed by atoms with Crippen molar-refractivity contribution in [2.24, 2.45) is 4.99 Å². The Balaban J connectivity index is 1.38. The lowest BCUT2D eigenvalue weighted by molar-refractivity contribution is 0.150. The lowest BCUT2D eigenvalue weighted by Gasteiger charge is -2.36. The van der Waals surface area contributed by atoms with Crippen molar-refractivity contribution in [3.05, 3.63) is 29.3 Å². The zero-order valence-corrected chi connectivity index (χ0v) is 17.3. The van der Waals surface area contributed by atoms with Crippen molar-refractivity contribution in [2.75, 3.05) is 26.7 Å². The summed E-state index contributed by atoms with van der Waals surface area (Å²) in [6.07, 6.45) is 8.00. The molecule has 2 aliphatic rings. The van der Waals surface area contributed by atoms with Gasteiger partial charge in [-0.25, -0.2) is 0 Å². The molecule has 150 valence electrons. The molecule has 1 aliphatic heterocycles. The SMILES string of the molecule is CN=C(NCC(C)Oc1cccc(Cl)c1)NC1CCN(C2CCCC2)CC1. The number of hydrogen-bond acceptors (Lipinski definition) is 3. The van der Waals surface area contributed by atoms with E-state index >= 15 is 0 Å². The molecule has 1 saturated carbocycles. The molecule has 27 heavy (non-hydrogen) atoms. The van der Waals surface area contributed by atoms with E-state index in [9.17, 15) is 0 Å². The van der Waals surface area contributed by atoms with Crippen LogP contribution in [0.3, 0.4) is 0 Å². The molecular formula is C21H33ClN4O. The van der Waals surface area contributed by atoms with Crippen molar-refractivity contribution in [2.45, 2.75) is 63.6 Å². The second-order valence-corrected chi connectivity index (χ2v) is 8.17. The van der Waals surface area contributed by atoms with Gasteiger partial charge in [-0.3, -0.25) is 4.99 Å². The van der Waals surface area contributed by atoms with Crippen LogP contribution in [0.25, 0.3) is 0 Å². The molecule has 1 aromatic rings. The van der Waals surface area contributed by atoms with Crippen LogP contribution in [0, 0.1) is 0 Å². The average molecular weight is 393 g/mol. The Bertz CT molecular complexity index is 610. The van der Waals surface area contributed by atoms with E-state index < -0.39 is 0 Å². The Morgan fingerprint density at radius 1 is 1.26 bits per heavy atom. The number of benzene rings is 1. The fourth-order valence-electron chi connectivity index (χ4n) is 4.12. The number of aliphatic imine (C=N–C) groups is 1. The number of guanidine groups is 1. The maximum atomic E-state index is 6.01. The number of rotatable bonds is 6. The van der Waals surface area contributed by atoms with Gasteiger partial charge in [0.2, 0.25) is 0 Å². The first-order valence-electron chi connectivity index (χ1n) is 10.3. The van der Waals surface area contributed by atoms with Gasteiger partial charge in [-0.1, -0.05) is 30.5 Å². The average Bonchev–Trinajstić information content (AvgIpc) is 3.20. The van der Waals surface area contributed by atoms with E-state index in [-0.39, 0.29) is 6.10 Å². The van der Waals surface area contributed by atoms with Crippen LogP contribution in [-0.4, -0.2) is 55.7 Å². The standard InChI is InChI=1S/C21H33ClN4O/c1-16(27-20-9-5-6-17(22)14-20)15-24-21(23-2)25-18-10-12-26(13-11-18)19-7-3-4-8-19/h5-6,9,14,16,18-19H,3-4,7-8,10-13,15H2,1-2H3,(H2,23,24,25). The minimum Gasteiger partial charge on any atom is -0.489 e. The predicted molar refractivity (Wildman–Crippen MR) is 113 cm³/mol. The Morgan fingerprint density at radius 3 is 2.67 bits per heavy atom. The summed E-state index contributed by atoms with van der Waals surface area (Å²) < 4.78 is 5.91. The second kappa shape index (κ2) is 10.2. The highest BCUT2D eigenvalue weighted by molar-refractivity contribution is 6.30. The summed E-state index contributed by atoms with van der Waals surface area (Å²) in [6.45, 7) is 5.13. The van der Waals surface area contributed by atoms with Crippen LogP contribution in [0.1, 0.15) is 45.4 Å². The molecule has 5 nitrogen and oxygen atoms in total. The molecule has 1 heterocycles. The van der Waals surface area contributed by atoms with Crippen molar-refractivity contribution in [3.8, 4) is 5.75 Å². The van der Waals surface area contributed by atoms with Crippen LogP contribution in [-0.2, 0) is 0 Å². The number of likely N-dealkylation sites (tertiary alicyclic amines) is 1. The number of hydrogen-bond donors (Lipinski definition) is 2. The Morgan fingerprint density at radius 2 is 2.00 bits per heavy atom. The molecule has 0 bridgehead atoms. The molecule has 3 rings (SSSR count). The monoisotopic (exact) mass is 392 g/mol. The predicted octanol–water partition coefficient (Wildman–Crippen LogP) is 3.68. The van der Waals surface area contributed by atoms with Crippen molar-refractivity contribution in [1.82, 2.24) is 15.5 Å². The largest absolute Gasteiger partial charge is 0.489 e. The lowest BCUT2D eigenvalue weighted by Crippen LogP contribution is -2.51. The zero-order chi connectivity index (χ0) is 19.1. The first-order chi connectivity index (χ1) is 13.1. The molecule has 6 heteroatoms. The van der Waals surface area contributed by atoms with Gasteiger partial charge in [0, 0.05) is 37.2 Å². The summed E-state index contributed by atoms with van der Waals surface area (Å²) in [6, 6.07) is 8.85. The molecule has 1 aliphatic carbocycles. The first kappa shape index (κ1) is 20.3. The van der Waals surface area contributed by atoms with Crippen LogP contribution >= 0.6 is 11.6 Å². The number of halogens is 1. The summed E-state index contributed by atoms with van der Waals surface area (Å²) in [5, 5.41) is 7.65. The quantitative estimate of drug-likeness (QED) is 0.572. The summed E-state index contributed by atoms with van der Waals surface area (Å²) in [7, 11) is 1.82. The van der Waals surface area contributed by atoms with Gasteiger partial charge in [-0.05, 0) is 50.8 Å². The number of nitrogens with one attached hydrogen (secondary N) is 2. The van der Waals surface area contributed by atoms with Crippen LogP contribution in [0.4, 0.5) is 0 Å². The Labute approximate surface area is 168 Å². The highest BCUT2D eigenvalue weighted by Gasteiger charge is 2.27. The van der Waals surface area contributed by atoms with E-state index in [0.717, 1.165) is 17.8 Å². The highest BCUT2D eigenvalue weighted by atomic mass is 35.5. The minimum atomic E-state index is 0.0197. The number of piperidine rings is 1. The fourth-order valence-corrected chi connectivity index (χ4v) is 4.30. The van der Waals surface area contributed by atoms with E-state index in [2.05, 4.69) is 20.5 Å².